The van der Waals surface area contributed by atoms with Gasteiger partial charge in [-0.3, -0.25) is 14.5 Å². The van der Waals surface area contributed by atoms with Gasteiger partial charge in [-0.15, -0.1) is 11.3 Å². The number of aromatic nitrogens is 1. The van der Waals surface area contributed by atoms with Gasteiger partial charge in [0, 0.05) is 17.1 Å². The van der Waals surface area contributed by atoms with E-state index in [9.17, 15) is 14.7 Å². The zero-order valence-corrected chi connectivity index (χ0v) is 21.6. The van der Waals surface area contributed by atoms with Crippen LogP contribution in [0.2, 0.25) is 0 Å². The van der Waals surface area contributed by atoms with Gasteiger partial charge in [0.15, 0.2) is 5.13 Å². The number of aliphatic hydroxyl groups excluding tert-OH is 1. The van der Waals surface area contributed by atoms with E-state index in [0.717, 1.165) is 12.8 Å². The molecule has 1 N–H and O–H groups in total. The molecular formula is C30H26N2O5S. The largest absolute Gasteiger partial charge is 0.507 e. The maximum atomic E-state index is 13.4. The van der Waals surface area contributed by atoms with Gasteiger partial charge >= 0.3 is 5.91 Å². The van der Waals surface area contributed by atoms with Gasteiger partial charge in [0.25, 0.3) is 5.78 Å². The van der Waals surface area contributed by atoms with Crippen LogP contribution in [0.15, 0.2) is 96.0 Å². The molecule has 3 aromatic carbocycles. The lowest BCUT2D eigenvalue weighted by molar-refractivity contribution is -0.132. The summed E-state index contributed by atoms with van der Waals surface area (Å²) < 4.78 is 11.8. The summed E-state index contributed by atoms with van der Waals surface area (Å²) in [5.74, 6) is -0.0527. The molecule has 1 aromatic heterocycles. The maximum Gasteiger partial charge on any atom is 0.301 e. The zero-order valence-electron chi connectivity index (χ0n) is 20.7. The van der Waals surface area contributed by atoms with E-state index in [1.165, 1.54) is 16.2 Å². The second-order valence-electron chi connectivity index (χ2n) is 8.70. The molecule has 8 heteroatoms. The molecule has 0 spiro atoms. The maximum absolute atomic E-state index is 13.4. The van der Waals surface area contributed by atoms with Gasteiger partial charge in [-0.05, 0) is 48.4 Å². The topological polar surface area (TPSA) is 89.0 Å². The van der Waals surface area contributed by atoms with E-state index in [4.69, 9.17) is 9.47 Å². The second kappa shape index (κ2) is 11.3. The van der Waals surface area contributed by atoms with E-state index in [1.807, 2.05) is 30.3 Å². The Morgan fingerprint density at radius 1 is 0.974 bits per heavy atom. The van der Waals surface area contributed by atoms with Crippen LogP contribution in [0.4, 0.5) is 5.13 Å². The third kappa shape index (κ3) is 5.17. The predicted molar refractivity (Wildman–Crippen MR) is 147 cm³/mol. The van der Waals surface area contributed by atoms with Crippen molar-refractivity contribution in [2.75, 3.05) is 11.5 Å². The van der Waals surface area contributed by atoms with Crippen LogP contribution in [-0.2, 0) is 9.59 Å². The van der Waals surface area contributed by atoms with Crippen molar-refractivity contribution in [3.8, 4) is 17.2 Å². The monoisotopic (exact) mass is 526 g/mol. The molecule has 1 amide bonds. The Bertz CT molecular complexity index is 1470. The van der Waals surface area contributed by atoms with Gasteiger partial charge in [-0.2, -0.15) is 0 Å². The lowest BCUT2D eigenvalue weighted by atomic mass is 9.95. The summed E-state index contributed by atoms with van der Waals surface area (Å²) in [7, 11) is 0. The number of anilines is 1. The van der Waals surface area contributed by atoms with Crippen LogP contribution < -0.4 is 14.4 Å². The number of ether oxygens (including phenoxy) is 2. The number of thiazole rings is 1. The number of carbonyl (C=O) groups is 2. The van der Waals surface area contributed by atoms with Crippen LogP contribution in [0.5, 0.6) is 17.2 Å². The van der Waals surface area contributed by atoms with Gasteiger partial charge in [0.05, 0.1) is 18.2 Å². The Labute approximate surface area is 224 Å². The molecule has 4 aromatic rings. The summed E-state index contributed by atoms with van der Waals surface area (Å²) in [5.41, 5.74) is 0.968. The van der Waals surface area contributed by atoms with Crippen molar-refractivity contribution >= 4 is 33.9 Å². The van der Waals surface area contributed by atoms with E-state index in [-0.39, 0.29) is 11.3 Å². The normalized spacial score (nSPS) is 16.6. The number of Topliss-reactive ketones (excluding diaryl/α,β-unsaturated/α-hetero) is 1. The fourth-order valence-corrected chi connectivity index (χ4v) is 4.94. The number of unbranched alkanes of at least 4 members (excludes halogenated alkanes) is 1. The standard InChI is InChI=1S/C30H26N2O5S/c1-2-3-16-36-23-13-8-10-21(19-23)27(33)25-26(32(29(35)28(25)34)30-31-15-17-38-30)20-9-7-14-24(18-20)37-22-11-5-4-6-12-22/h4-15,17-19,26,33H,2-3,16H2,1H3. The first-order valence-corrected chi connectivity index (χ1v) is 13.2. The molecule has 1 saturated heterocycles. The van der Waals surface area contributed by atoms with Gasteiger partial charge in [0.1, 0.15) is 23.0 Å². The number of benzene rings is 3. The van der Waals surface area contributed by atoms with Crippen LogP contribution in [0.1, 0.15) is 36.9 Å². The third-order valence-corrected chi connectivity index (χ3v) is 6.87. The molecule has 1 aliphatic rings. The molecular weight excluding hydrogens is 500 g/mol. The van der Waals surface area contributed by atoms with Crippen molar-refractivity contribution < 1.29 is 24.2 Å². The number of hydrogen-bond acceptors (Lipinski definition) is 7. The summed E-state index contributed by atoms with van der Waals surface area (Å²) in [6.45, 7) is 2.62. The molecule has 0 bridgehead atoms. The first-order chi connectivity index (χ1) is 18.6. The first-order valence-electron chi connectivity index (χ1n) is 12.3. The van der Waals surface area contributed by atoms with E-state index >= 15 is 0 Å². The smallest absolute Gasteiger partial charge is 0.301 e. The quantitative estimate of drug-likeness (QED) is 0.112. The Morgan fingerprint density at radius 3 is 2.50 bits per heavy atom. The second-order valence-corrected chi connectivity index (χ2v) is 9.57. The van der Waals surface area contributed by atoms with Crippen molar-refractivity contribution in [3.63, 3.8) is 0 Å². The number of amides is 1. The number of hydrogen-bond donors (Lipinski definition) is 1. The molecule has 5 rings (SSSR count). The number of carbonyl (C=O) groups excluding carboxylic acids is 2. The molecule has 38 heavy (non-hydrogen) atoms. The van der Waals surface area contributed by atoms with Crippen LogP contribution in [-0.4, -0.2) is 28.4 Å². The molecule has 1 fully saturated rings. The van der Waals surface area contributed by atoms with Crippen LogP contribution in [0, 0.1) is 0 Å². The lowest BCUT2D eigenvalue weighted by Crippen LogP contribution is -2.29. The highest BCUT2D eigenvalue weighted by atomic mass is 32.1. The van der Waals surface area contributed by atoms with E-state index in [1.54, 1.807) is 60.1 Å². The number of ketones is 1. The van der Waals surface area contributed by atoms with Crippen LogP contribution in [0.25, 0.3) is 5.76 Å². The molecule has 0 saturated carbocycles. The van der Waals surface area contributed by atoms with Crippen molar-refractivity contribution in [2.45, 2.75) is 25.8 Å². The van der Waals surface area contributed by atoms with Crippen LogP contribution >= 0.6 is 11.3 Å². The minimum Gasteiger partial charge on any atom is -0.507 e. The van der Waals surface area contributed by atoms with Crippen molar-refractivity contribution in [3.05, 3.63) is 107 Å². The van der Waals surface area contributed by atoms with Gasteiger partial charge < -0.3 is 14.6 Å². The molecule has 1 atom stereocenters. The average Bonchev–Trinajstić information content (AvgIpc) is 3.56. The molecule has 1 unspecified atom stereocenters. The Balaban J connectivity index is 1.59. The molecule has 1 aliphatic heterocycles. The molecule has 2 heterocycles. The molecule has 0 aliphatic carbocycles. The number of nitrogens with zero attached hydrogens (tertiary/aromatic N) is 2. The molecule has 0 radical (unpaired) electrons. The highest BCUT2D eigenvalue weighted by Gasteiger charge is 2.48. The zero-order chi connectivity index (χ0) is 26.5. The number of aliphatic hydroxyl groups is 1. The van der Waals surface area contributed by atoms with E-state index in [2.05, 4.69) is 11.9 Å². The summed E-state index contributed by atoms with van der Waals surface area (Å²) in [6, 6.07) is 22.5. The summed E-state index contributed by atoms with van der Waals surface area (Å²) in [5, 5.41) is 13.5. The highest BCUT2D eigenvalue weighted by Crippen LogP contribution is 2.43. The number of para-hydroxylation sites is 1. The summed E-state index contributed by atoms with van der Waals surface area (Å²) in [6.07, 6.45) is 3.46. The predicted octanol–water partition coefficient (Wildman–Crippen LogP) is 6.74. The molecule has 192 valence electrons. The Kier molecular flexibility index (Phi) is 7.51. The number of rotatable bonds is 9. The van der Waals surface area contributed by atoms with E-state index < -0.39 is 17.7 Å². The first kappa shape index (κ1) is 25.2. The Morgan fingerprint density at radius 2 is 1.74 bits per heavy atom. The van der Waals surface area contributed by atoms with Gasteiger partial charge in [0.2, 0.25) is 0 Å². The fourth-order valence-electron chi connectivity index (χ4n) is 4.28. The third-order valence-electron chi connectivity index (χ3n) is 6.10. The highest BCUT2D eigenvalue weighted by molar-refractivity contribution is 7.14. The SMILES string of the molecule is CCCCOc1cccc(C(O)=C2C(=O)C(=O)N(c3nccs3)C2c2cccc(Oc3ccccc3)c2)c1. The van der Waals surface area contributed by atoms with Gasteiger partial charge in [-0.1, -0.05) is 55.8 Å². The van der Waals surface area contributed by atoms with Gasteiger partial charge in [-0.25, -0.2) is 4.98 Å². The van der Waals surface area contributed by atoms with E-state index in [0.29, 0.717) is 40.1 Å². The Hall–Kier alpha value is -4.43. The van der Waals surface area contributed by atoms with Crippen molar-refractivity contribution in [1.29, 1.82) is 0 Å². The van der Waals surface area contributed by atoms with Crippen LogP contribution in [0.3, 0.4) is 0 Å². The fraction of sp³-hybridized carbons (Fsp3) is 0.167. The minimum atomic E-state index is -0.898. The average molecular weight is 527 g/mol. The van der Waals surface area contributed by atoms with Crippen molar-refractivity contribution in [2.24, 2.45) is 0 Å². The van der Waals surface area contributed by atoms with Crippen molar-refractivity contribution in [1.82, 2.24) is 4.98 Å². The summed E-state index contributed by atoms with van der Waals surface area (Å²) >= 11 is 1.24. The minimum absolute atomic E-state index is 0.0206. The lowest BCUT2D eigenvalue weighted by Gasteiger charge is -2.23. The summed E-state index contributed by atoms with van der Waals surface area (Å²) in [4.78, 5) is 32.3. The molecule has 7 nitrogen and oxygen atoms in total.